The molecule has 0 amide bonds. The second kappa shape index (κ2) is 5.59. The third kappa shape index (κ3) is 4.02. The van der Waals surface area contributed by atoms with Crippen molar-refractivity contribution in [3.63, 3.8) is 0 Å². The van der Waals surface area contributed by atoms with Gasteiger partial charge in [0.25, 0.3) is 10.0 Å². The van der Waals surface area contributed by atoms with Crippen molar-refractivity contribution < 1.29 is 16.8 Å². The molecule has 0 aliphatic heterocycles. The van der Waals surface area contributed by atoms with Crippen LogP contribution in [-0.4, -0.2) is 37.4 Å². The van der Waals surface area contributed by atoms with Gasteiger partial charge in [0.1, 0.15) is 5.82 Å². The third-order valence-electron chi connectivity index (χ3n) is 2.78. The van der Waals surface area contributed by atoms with Crippen LogP contribution in [0.1, 0.15) is 26.6 Å². The van der Waals surface area contributed by atoms with Crippen LogP contribution in [0.2, 0.25) is 0 Å². The van der Waals surface area contributed by atoms with Gasteiger partial charge in [-0.1, -0.05) is 6.92 Å². The molecule has 0 aliphatic carbocycles. The van der Waals surface area contributed by atoms with Gasteiger partial charge in [-0.2, -0.15) is 0 Å². The van der Waals surface area contributed by atoms with Gasteiger partial charge in [-0.05, 0) is 13.8 Å². The maximum atomic E-state index is 11.7. The molecule has 0 atom stereocenters. The lowest BCUT2D eigenvalue weighted by molar-refractivity contribution is 0.578. The molecule has 9 heteroatoms. The van der Waals surface area contributed by atoms with Gasteiger partial charge in [-0.25, -0.2) is 27.0 Å². The molecule has 0 bridgehead atoms. The average Bonchev–Trinajstić information content (AvgIpc) is 2.69. The van der Waals surface area contributed by atoms with E-state index in [1.807, 2.05) is 6.92 Å². The molecule has 1 heterocycles. The van der Waals surface area contributed by atoms with Gasteiger partial charge in [0, 0.05) is 19.2 Å². The zero-order valence-corrected chi connectivity index (χ0v) is 12.8. The van der Waals surface area contributed by atoms with Gasteiger partial charge < -0.3 is 4.57 Å². The fraction of sp³-hybridized carbons (Fsp3) is 0.700. The maximum absolute atomic E-state index is 11.7. The number of hydrogen-bond donors (Lipinski definition) is 1. The zero-order valence-electron chi connectivity index (χ0n) is 11.2. The predicted molar refractivity (Wildman–Crippen MR) is 71.9 cm³/mol. The Morgan fingerprint density at radius 3 is 2.32 bits per heavy atom. The number of nitrogens with zero attached hydrogens (tertiary/aromatic N) is 2. The molecule has 1 aromatic rings. The molecular weight excluding hydrogens is 290 g/mol. The van der Waals surface area contributed by atoms with Crippen molar-refractivity contribution in [2.24, 2.45) is 5.14 Å². The van der Waals surface area contributed by atoms with Gasteiger partial charge >= 0.3 is 0 Å². The molecule has 0 saturated carbocycles. The van der Waals surface area contributed by atoms with Crippen LogP contribution in [0.4, 0.5) is 0 Å². The fourth-order valence-electron chi connectivity index (χ4n) is 1.50. The number of aryl methyl sites for hydroxylation is 2. The van der Waals surface area contributed by atoms with Crippen molar-refractivity contribution in [2.45, 2.75) is 44.0 Å². The Morgan fingerprint density at radius 1 is 1.32 bits per heavy atom. The van der Waals surface area contributed by atoms with E-state index < -0.39 is 25.1 Å². The van der Waals surface area contributed by atoms with E-state index in [2.05, 4.69) is 4.98 Å². The van der Waals surface area contributed by atoms with Crippen molar-refractivity contribution in [1.82, 2.24) is 9.55 Å². The highest BCUT2D eigenvalue weighted by molar-refractivity contribution is 7.91. The molecule has 110 valence electrons. The van der Waals surface area contributed by atoms with Crippen LogP contribution in [0.5, 0.6) is 0 Å². The molecule has 0 aromatic carbocycles. The smallest absolute Gasteiger partial charge is 0.257 e. The number of rotatable bonds is 6. The van der Waals surface area contributed by atoms with E-state index in [9.17, 15) is 16.8 Å². The van der Waals surface area contributed by atoms with E-state index in [0.29, 0.717) is 12.2 Å². The third-order valence-corrected chi connectivity index (χ3v) is 5.75. The molecular formula is C10H19N3O4S2. The Labute approximate surface area is 113 Å². The molecule has 1 aromatic heterocycles. The van der Waals surface area contributed by atoms with Crippen LogP contribution in [-0.2, 0) is 32.8 Å². The van der Waals surface area contributed by atoms with E-state index in [0.717, 1.165) is 0 Å². The number of sulfone groups is 1. The van der Waals surface area contributed by atoms with Crippen molar-refractivity contribution in [3.8, 4) is 0 Å². The molecule has 0 aliphatic rings. The lowest BCUT2D eigenvalue weighted by Gasteiger charge is -2.09. The summed E-state index contributed by atoms with van der Waals surface area (Å²) in [6, 6.07) is 0. The minimum atomic E-state index is -3.87. The summed E-state index contributed by atoms with van der Waals surface area (Å²) in [6.45, 7) is 5.20. The van der Waals surface area contributed by atoms with E-state index in [1.165, 1.54) is 10.8 Å². The lowest BCUT2D eigenvalue weighted by Crippen LogP contribution is -2.21. The number of sulfonamides is 1. The van der Waals surface area contributed by atoms with Crippen LogP contribution < -0.4 is 5.14 Å². The minimum absolute atomic E-state index is 0.0575. The summed E-state index contributed by atoms with van der Waals surface area (Å²) in [5, 5.41) is 4.31. The molecule has 0 spiro atoms. The molecule has 7 nitrogen and oxygen atoms in total. The molecule has 0 unspecified atom stereocenters. The molecule has 19 heavy (non-hydrogen) atoms. The highest BCUT2D eigenvalue weighted by atomic mass is 32.2. The van der Waals surface area contributed by atoms with Crippen molar-refractivity contribution in [1.29, 1.82) is 0 Å². The maximum Gasteiger partial charge on any atom is 0.257 e. The largest absolute Gasteiger partial charge is 0.332 e. The van der Waals surface area contributed by atoms with E-state index in [-0.39, 0.29) is 17.3 Å². The standard InChI is InChI=1S/C10H19N3O4S2/c1-4-9-12-10(19(11,16)17)7-13(9)5-6-18(14,15)8(2)3/h7-8H,4-6H2,1-3H3,(H2,11,16,17). The van der Waals surface area contributed by atoms with E-state index >= 15 is 0 Å². The number of nitrogens with two attached hydrogens (primary N) is 1. The Bertz CT molecular complexity index is 644. The van der Waals surface area contributed by atoms with Crippen LogP contribution >= 0.6 is 0 Å². The van der Waals surface area contributed by atoms with Crippen LogP contribution in [0.25, 0.3) is 0 Å². The van der Waals surface area contributed by atoms with E-state index in [1.54, 1.807) is 13.8 Å². The predicted octanol–water partition coefficient (Wildman–Crippen LogP) is -0.0839. The first kappa shape index (κ1) is 16.1. The SMILES string of the molecule is CCc1nc(S(N)(=O)=O)cn1CCS(=O)(=O)C(C)C. The number of primary sulfonamides is 1. The summed E-state index contributed by atoms with van der Waals surface area (Å²) in [7, 11) is -7.04. The second-order valence-corrected chi connectivity index (χ2v) is 8.69. The number of hydrogen-bond acceptors (Lipinski definition) is 5. The van der Waals surface area contributed by atoms with Crippen LogP contribution in [0.3, 0.4) is 0 Å². The topological polar surface area (TPSA) is 112 Å². The Balaban J connectivity index is 3.00. The highest BCUT2D eigenvalue weighted by Gasteiger charge is 2.19. The summed E-state index contributed by atoms with van der Waals surface area (Å²) in [4.78, 5) is 3.90. The van der Waals surface area contributed by atoms with Gasteiger partial charge in [-0.3, -0.25) is 0 Å². The quantitative estimate of drug-likeness (QED) is 0.789. The number of imidazole rings is 1. The second-order valence-electron chi connectivity index (χ2n) is 4.50. The highest BCUT2D eigenvalue weighted by Crippen LogP contribution is 2.10. The summed E-state index contributed by atoms with van der Waals surface area (Å²) in [5.41, 5.74) is 0. The first-order chi connectivity index (χ1) is 8.58. The van der Waals surface area contributed by atoms with Gasteiger partial charge in [0.15, 0.2) is 14.9 Å². The molecule has 0 radical (unpaired) electrons. The fourth-order valence-corrected chi connectivity index (χ4v) is 2.93. The zero-order chi connectivity index (χ0) is 14.8. The molecule has 0 fully saturated rings. The number of aromatic nitrogens is 2. The Morgan fingerprint density at radius 2 is 1.89 bits per heavy atom. The van der Waals surface area contributed by atoms with Crippen LogP contribution in [0, 0.1) is 0 Å². The molecule has 2 N–H and O–H groups in total. The summed E-state index contributed by atoms with van der Waals surface area (Å²) in [5.74, 6) is 0.445. The molecule has 1 rings (SSSR count). The minimum Gasteiger partial charge on any atom is -0.332 e. The van der Waals surface area contributed by atoms with Gasteiger partial charge in [-0.15, -0.1) is 0 Å². The lowest BCUT2D eigenvalue weighted by atomic mass is 10.4. The van der Waals surface area contributed by atoms with Crippen molar-refractivity contribution in [3.05, 3.63) is 12.0 Å². The van der Waals surface area contributed by atoms with Gasteiger partial charge in [0.05, 0.1) is 11.0 Å². The van der Waals surface area contributed by atoms with Crippen molar-refractivity contribution in [2.75, 3.05) is 5.75 Å². The first-order valence-corrected chi connectivity index (χ1v) is 9.14. The monoisotopic (exact) mass is 309 g/mol. The van der Waals surface area contributed by atoms with Crippen LogP contribution in [0.15, 0.2) is 11.2 Å². The molecule has 0 saturated heterocycles. The van der Waals surface area contributed by atoms with Gasteiger partial charge in [0.2, 0.25) is 0 Å². The normalized spacial score (nSPS) is 13.1. The first-order valence-electron chi connectivity index (χ1n) is 5.88. The average molecular weight is 309 g/mol. The Hall–Kier alpha value is -0.930. The van der Waals surface area contributed by atoms with Crippen molar-refractivity contribution >= 4 is 19.9 Å². The van der Waals surface area contributed by atoms with E-state index in [4.69, 9.17) is 5.14 Å². The summed E-state index contributed by atoms with van der Waals surface area (Å²) in [6.07, 6.45) is 1.78. The Kier molecular flexibility index (Phi) is 4.75. The summed E-state index contributed by atoms with van der Waals surface area (Å²) >= 11 is 0. The summed E-state index contributed by atoms with van der Waals surface area (Å²) < 4.78 is 47.4.